The lowest BCUT2D eigenvalue weighted by molar-refractivity contribution is -0.116. The summed E-state index contributed by atoms with van der Waals surface area (Å²) in [4.78, 5) is 13.0. The highest BCUT2D eigenvalue weighted by molar-refractivity contribution is 5.98. The molecule has 0 saturated heterocycles. The minimum absolute atomic E-state index is 0.0819. The second-order valence-electron chi connectivity index (χ2n) is 5.47. The van der Waals surface area contributed by atoms with Crippen LogP contribution >= 0.6 is 0 Å². The fourth-order valence-corrected chi connectivity index (χ4v) is 2.69. The van der Waals surface area contributed by atoms with Gasteiger partial charge in [0.15, 0.2) is 0 Å². The highest BCUT2D eigenvalue weighted by atomic mass is 16.1. The Kier molecular flexibility index (Phi) is 4.74. The number of rotatable bonds is 4. The first-order chi connectivity index (χ1) is 11.8. The van der Waals surface area contributed by atoms with Gasteiger partial charge in [-0.05, 0) is 29.3 Å². The fraction of sp³-hybridized carbons (Fsp3) is 0.0455. The first kappa shape index (κ1) is 15.6. The molecule has 3 aromatic carbocycles. The lowest BCUT2D eigenvalue weighted by Crippen LogP contribution is -2.22. The normalized spacial score (nSPS) is 10.2. The number of amides is 1. The molecule has 3 rings (SSSR count). The highest BCUT2D eigenvalue weighted by Crippen LogP contribution is 2.26. The maximum absolute atomic E-state index is 13.0. The molecule has 0 radical (unpaired) electrons. The molecule has 0 atom stereocenters. The highest BCUT2D eigenvalue weighted by Gasteiger charge is 2.22. The molecule has 0 spiro atoms. The van der Waals surface area contributed by atoms with Crippen LogP contribution in [0, 0.1) is 12.3 Å². The quantitative estimate of drug-likeness (QED) is 0.709. The van der Waals surface area contributed by atoms with E-state index in [1.807, 2.05) is 78.9 Å². The molecule has 24 heavy (non-hydrogen) atoms. The standard InChI is InChI=1S/C22H17NO/c1-2-17-10-9-15-20(16-17)23-22(24)21(18-11-5-3-6-12-18)19-13-7-4-8-14-19/h1,3-16,21H,(H,23,24). The Morgan fingerprint density at radius 2 is 1.42 bits per heavy atom. The molecule has 2 nitrogen and oxygen atoms in total. The van der Waals surface area contributed by atoms with Gasteiger partial charge in [0.25, 0.3) is 0 Å². The average Bonchev–Trinajstić information content (AvgIpc) is 2.64. The minimum Gasteiger partial charge on any atom is -0.325 e. The lowest BCUT2D eigenvalue weighted by atomic mass is 9.90. The smallest absolute Gasteiger partial charge is 0.236 e. The maximum atomic E-state index is 13.0. The van der Waals surface area contributed by atoms with Crippen LogP contribution in [0.3, 0.4) is 0 Å². The van der Waals surface area contributed by atoms with Gasteiger partial charge in [0, 0.05) is 11.3 Å². The Morgan fingerprint density at radius 3 is 1.96 bits per heavy atom. The van der Waals surface area contributed by atoms with E-state index in [0.29, 0.717) is 5.69 Å². The third-order valence-corrected chi connectivity index (χ3v) is 3.82. The number of benzene rings is 3. The second-order valence-corrected chi connectivity index (χ2v) is 5.47. The third-order valence-electron chi connectivity index (χ3n) is 3.82. The summed E-state index contributed by atoms with van der Waals surface area (Å²) in [6.45, 7) is 0. The van der Waals surface area contributed by atoms with E-state index in [1.165, 1.54) is 0 Å². The molecule has 0 heterocycles. The first-order valence-corrected chi connectivity index (χ1v) is 7.75. The predicted octanol–water partition coefficient (Wildman–Crippen LogP) is 4.44. The van der Waals surface area contributed by atoms with Crippen LogP contribution in [0.25, 0.3) is 0 Å². The Balaban J connectivity index is 1.94. The summed E-state index contributed by atoms with van der Waals surface area (Å²) < 4.78 is 0. The third kappa shape index (κ3) is 3.53. The zero-order valence-corrected chi connectivity index (χ0v) is 13.1. The Bertz CT molecular complexity index is 824. The van der Waals surface area contributed by atoms with Gasteiger partial charge in [-0.15, -0.1) is 6.42 Å². The molecule has 0 unspecified atom stereocenters. The maximum Gasteiger partial charge on any atom is 0.236 e. The van der Waals surface area contributed by atoms with Crippen molar-refractivity contribution in [2.24, 2.45) is 0 Å². The number of nitrogens with one attached hydrogen (secondary N) is 1. The summed E-state index contributed by atoms with van der Waals surface area (Å²) in [5.74, 6) is 2.13. The van der Waals surface area contributed by atoms with Gasteiger partial charge in [0.05, 0.1) is 5.92 Å². The summed E-state index contributed by atoms with van der Waals surface area (Å²) in [7, 11) is 0. The van der Waals surface area contributed by atoms with Crippen molar-refractivity contribution in [2.45, 2.75) is 5.92 Å². The monoisotopic (exact) mass is 311 g/mol. The fourth-order valence-electron chi connectivity index (χ4n) is 2.69. The minimum atomic E-state index is -0.373. The molecule has 1 N–H and O–H groups in total. The van der Waals surface area contributed by atoms with Crippen LogP contribution in [0.2, 0.25) is 0 Å². The van der Waals surface area contributed by atoms with Crippen LogP contribution in [0.15, 0.2) is 84.9 Å². The number of carbonyl (C=O) groups excluding carboxylic acids is 1. The van der Waals surface area contributed by atoms with Gasteiger partial charge < -0.3 is 5.32 Å². The van der Waals surface area contributed by atoms with Crippen molar-refractivity contribution in [1.29, 1.82) is 0 Å². The van der Waals surface area contributed by atoms with Crippen LogP contribution in [0.4, 0.5) is 5.69 Å². The van der Waals surface area contributed by atoms with E-state index in [0.717, 1.165) is 16.7 Å². The van der Waals surface area contributed by atoms with E-state index in [-0.39, 0.29) is 11.8 Å². The van der Waals surface area contributed by atoms with Crippen molar-refractivity contribution >= 4 is 11.6 Å². The van der Waals surface area contributed by atoms with Gasteiger partial charge in [-0.1, -0.05) is 72.7 Å². The van der Waals surface area contributed by atoms with Crippen LogP contribution in [-0.2, 0) is 4.79 Å². The largest absolute Gasteiger partial charge is 0.325 e. The van der Waals surface area contributed by atoms with Crippen LogP contribution in [0.1, 0.15) is 22.6 Å². The molecule has 0 fully saturated rings. The summed E-state index contributed by atoms with van der Waals surface area (Å²) in [6.07, 6.45) is 5.43. The lowest BCUT2D eigenvalue weighted by Gasteiger charge is -2.18. The van der Waals surface area contributed by atoms with Crippen molar-refractivity contribution in [3.05, 3.63) is 102 Å². The Hall–Kier alpha value is -3.31. The van der Waals surface area contributed by atoms with Crippen molar-refractivity contribution in [1.82, 2.24) is 0 Å². The number of terminal acetylenes is 1. The Morgan fingerprint density at radius 1 is 0.833 bits per heavy atom. The number of anilines is 1. The summed E-state index contributed by atoms with van der Waals surface area (Å²) in [6, 6.07) is 26.8. The Labute approximate surface area is 142 Å². The van der Waals surface area contributed by atoms with Crippen LogP contribution in [0.5, 0.6) is 0 Å². The molecular formula is C22H17NO. The van der Waals surface area contributed by atoms with Crippen LogP contribution < -0.4 is 5.32 Å². The van der Waals surface area contributed by atoms with E-state index >= 15 is 0 Å². The van der Waals surface area contributed by atoms with Crippen molar-refractivity contribution < 1.29 is 4.79 Å². The second kappa shape index (κ2) is 7.30. The van der Waals surface area contributed by atoms with Crippen LogP contribution in [-0.4, -0.2) is 5.91 Å². The van der Waals surface area contributed by atoms with Crippen molar-refractivity contribution in [2.75, 3.05) is 5.32 Å². The van der Waals surface area contributed by atoms with Crippen molar-refractivity contribution in [3.8, 4) is 12.3 Å². The first-order valence-electron chi connectivity index (χ1n) is 7.75. The van der Waals surface area contributed by atoms with E-state index in [2.05, 4.69) is 11.2 Å². The molecule has 0 saturated carbocycles. The van der Waals surface area contributed by atoms with E-state index in [9.17, 15) is 4.79 Å². The molecule has 1 amide bonds. The topological polar surface area (TPSA) is 29.1 Å². The average molecular weight is 311 g/mol. The van der Waals surface area contributed by atoms with Gasteiger partial charge in [0.1, 0.15) is 0 Å². The molecule has 0 aliphatic heterocycles. The number of hydrogen-bond acceptors (Lipinski definition) is 1. The molecular weight excluding hydrogens is 294 g/mol. The zero-order chi connectivity index (χ0) is 16.8. The van der Waals surface area contributed by atoms with Gasteiger partial charge >= 0.3 is 0 Å². The summed E-state index contributed by atoms with van der Waals surface area (Å²) >= 11 is 0. The van der Waals surface area contributed by atoms with E-state index in [4.69, 9.17) is 6.42 Å². The molecule has 0 bridgehead atoms. The van der Waals surface area contributed by atoms with E-state index < -0.39 is 0 Å². The zero-order valence-electron chi connectivity index (χ0n) is 13.1. The van der Waals surface area contributed by atoms with Gasteiger partial charge in [-0.3, -0.25) is 4.79 Å². The van der Waals surface area contributed by atoms with Gasteiger partial charge in [-0.25, -0.2) is 0 Å². The van der Waals surface area contributed by atoms with E-state index in [1.54, 1.807) is 6.07 Å². The molecule has 116 valence electrons. The molecule has 0 aliphatic rings. The van der Waals surface area contributed by atoms with Gasteiger partial charge in [-0.2, -0.15) is 0 Å². The number of hydrogen-bond donors (Lipinski definition) is 1. The number of carbonyl (C=O) groups is 1. The molecule has 2 heteroatoms. The van der Waals surface area contributed by atoms with Gasteiger partial charge in [0.2, 0.25) is 5.91 Å². The molecule has 0 aliphatic carbocycles. The summed E-state index contributed by atoms with van der Waals surface area (Å²) in [5.41, 5.74) is 3.35. The SMILES string of the molecule is C#Cc1cccc(NC(=O)C(c2ccccc2)c2ccccc2)c1. The predicted molar refractivity (Wildman–Crippen MR) is 97.7 cm³/mol. The van der Waals surface area contributed by atoms with Crippen molar-refractivity contribution in [3.63, 3.8) is 0 Å². The molecule has 0 aromatic heterocycles. The molecule has 3 aromatic rings. The summed E-state index contributed by atoms with van der Waals surface area (Å²) in [5, 5.41) is 2.98.